The average molecular weight is 577 g/mol. The molecule has 0 fully saturated rings. The minimum atomic E-state index is -0.970. The van der Waals surface area contributed by atoms with Gasteiger partial charge in [-0.3, -0.25) is 0 Å². The first-order valence-corrected chi connectivity index (χ1v) is 16.2. The lowest BCUT2D eigenvalue weighted by Crippen LogP contribution is -2.05. The minimum absolute atomic E-state index is 0.0588. The SMILES string of the molecule is CCCCCCCOc1ccc(-c2ccc(-c3ccc(C4=CCC(CCCCCCC)CC4)cc3F)cc2)c(F)c1F. The third kappa shape index (κ3) is 8.75. The van der Waals surface area contributed by atoms with Crippen molar-refractivity contribution < 1.29 is 17.9 Å². The Morgan fingerprint density at radius 3 is 1.93 bits per heavy atom. The van der Waals surface area contributed by atoms with Gasteiger partial charge in [0.1, 0.15) is 5.82 Å². The molecular formula is C38H47F3O. The molecular weight excluding hydrogens is 529 g/mol. The van der Waals surface area contributed by atoms with Gasteiger partial charge in [-0.05, 0) is 72.1 Å². The van der Waals surface area contributed by atoms with Crippen LogP contribution in [0.4, 0.5) is 13.2 Å². The lowest BCUT2D eigenvalue weighted by Gasteiger charge is -2.22. The van der Waals surface area contributed by atoms with E-state index in [1.54, 1.807) is 36.4 Å². The maximum absolute atomic E-state index is 15.3. The van der Waals surface area contributed by atoms with E-state index in [0.29, 0.717) is 23.3 Å². The zero-order valence-electron chi connectivity index (χ0n) is 25.5. The molecule has 1 atom stereocenters. The zero-order valence-corrected chi connectivity index (χ0v) is 25.5. The molecule has 0 amide bonds. The topological polar surface area (TPSA) is 9.23 Å². The second-order valence-corrected chi connectivity index (χ2v) is 11.8. The fourth-order valence-electron chi connectivity index (χ4n) is 5.98. The summed E-state index contributed by atoms with van der Waals surface area (Å²) in [6.45, 7) is 4.77. The molecule has 0 aromatic heterocycles. The minimum Gasteiger partial charge on any atom is -0.490 e. The molecule has 42 heavy (non-hydrogen) atoms. The van der Waals surface area contributed by atoms with Crippen molar-refractivity contribution >= 4 is 5.57 Å². The van der Waals surface area contributed by atoms with E-state index < -0.39 is 11.6 Å². The van der Waals surface area contributed by atoms with Crippen LogP contribution in [0.25, 0.3) is 27.8 Å². The second kappa shape index (κ2) is 16.6. The third-order valence-corrected chi connectivity index (χ3v) is 8.63. The lowest BCUT2D eigenvalue weighted by atomic mass is 9.83. The van der Waals surface area contributed by atoms with Crippen LogP contribution >= 0.6 is 0 Å². The number of benzene rings is 3. The summed E-state index contributed by atoms with van der Waals surface area (Å²) < 4.78 is 50.4. The van der Waals surface area contributed by atoms with E-state index >= 15 is 4.39 Å². The molecule has 226 valence electrons. The summed E-state index contributed by atoms with van der Waals surface area (Å²) in [6.07, 6.45) is 18.8. The fraction of sp³-hybridized carbons (Fsp3) is 0.474. The van der Waals surface area contributed by atoms with Gasteiger partial charge in [-0.1, -0.05) is 121 Å². The Morgan fingerprint density at radius 2 is 1.29 bits per heavy atom. The smallest absolute Gasteiger partial charge is 0.201 e. The molecule has 0 spiro atoms. The quantitative estimate of drug-likeness (QED) is 0.154. The van der Waals surface area contributed by atoms with Crippen LogP contribution in [0.1, 0.15) is 109 Å². The first-order chi connectivity index (χ1) is 20.5. The maximum atomic E-state index is 15.3. The average Bonchev–Trinajstić information content (AvgIpc) is 3.01. The molecule has 0 bridgehead atoms. The summed E-state index contributed by atoms with van der Waals surface area (Å²) in [4.78, 5) is 0. The van der Waals surface area contributed by atoms with E-state index in [9.17, 15) is 8.78 Å². The summed E-state index contributed by atoms with van der Waals surface area (Å²) in [7, 11) is 0. The van der Waals surface area contributed by atoms with Crippen molar-refractivity contribution in [1.82, 2.24) is 0 Å². The van der Waals surface area contributed by atoms with E-state index in [1.165, 1.54) is 63.0 Å². The highest BCUT2D eigenvalue weighted by Crippen LogP contribution is 2.36. The predicted octanol–water partition coefficient (Wildman–Crippen LogP) is 12.3. The molecule has 1 aliphatic carbocycles. The zero-order chi connectivity index (χ0) is 29.7. The van der Waals surface area contributed by atoms with Crippen molar-refractivity contribution in [3.05, 3.63) is 83.7 Å². The molecule has 3 aromatic carbocycles. The molecule has 0 aliphatic heterocycles. The van der Waals surface area contributed by atoms with Gasteiger partial charge in [0.15, 0.2) is 11.6 Å². The van der Waals surface area contributed by atoms with Crippen LogP contribution in [0.5, 0.6) is 5.75 Å². The Bertz CT molecular complexity index is 1290. The normalized spacial score (nSPS) is 15.1. The molecule has 1 nitrogen and oxygen atoms in total. The van der Waals surface area contributed by atoms with Crippen molar-refractivity contribution in [3.63, 3.8) is 0 Å². The van der Waals surface area contributed by atoms with Gasteiger partial charge in [0, 0.05) is 11.1 Å². The number of halogens is 3. The van der Waals surface area contributed by atoms with Crippen LogP contribution in [-0.2, 0) is 0 Å². The van der Waals surface area contributed by atoms with Crippen molar-refractivity contribution in [3.8, 4) is 28.0 Å². The Labute approximate surface area is 251 Å². The van der Waals surface area contributed by atoms with Crippen LogP contribution in [-0.4, -0.2) is 6.61 Å². The van der Waals surface area contributed by atoms with Gasteiger partial charge in [-0.15, -0.1) is 0 Å². The van der Waals surface area contributed by atoms with Crippen LogP contribution < -0.4 is 4.74 Å². The molecule has 3 aromatic rings. The predicted molar refractivity (Wildman–Crippen MR) is 170 cm³/mol. The lowest BCUT2D eigenvalue weighted by molar-refractivity contribution is 0.285. The highest BCUT2D eigenvalue weighted by Gasteiger charge is 2.18. The van der Waals surface area contributed by atoms with E-state index in [-0.39, 0.29) is 17.1 Å². The number of allylic oxidation sites excluding steroid dienone is 2. The first-order valence-electron chi connectivity index (χ1n) is 16.2. The van der Waals surface area contributed by atoms with Crippen LogP contribution in [0, 0.1) is 23.4 Å². The van der Waals surface area contributed by atoms with Gasteiger partial charge < -0.3 is 4.74 Å². The van der Waals surface area contributed by atoms with Gasteiger partial charge in [-0.2, -0.15) is 4.39 Å². The second-order valence-electron chi connectivity index (χ2n) is 11.8. The van der Waals surface area contributed by atoms with E-state index in [1.807, 2.05) is 12.1 Å². The molecule has 0 saturated heterocycles. The summed E-state index contributed by atoms with van der Waals surface area (Å²) in [5.41, 5.74) is 4.09. The highest BCUT2D eigenvalue weighted by atomic mass is 19.2. The summed E-state index contributed by atoms with van der Waals surface area (Å²) >= 11 is 0. The summed E-state index contributed by atoms with van der Waals surface area (Å²) in [6, 6.07) is 15.4. The number of unbranched alkanes of at least 4 members (excludes halogenated alkanes) is 8. The highest BCUT2D eigenvalue weighted by molar-refractivity contribution is 5.74. The number of ether oxygens (including phenoxy) is 1. The Kier molecular flexibility index (Phi) is 12.6. The van der Waals surface area contributed by atoms with Gasteiger partial charge in [0.05, 0.1) is 6.61 Å². The van der Waals surface area contributed by atoms with Gasteiger partial charge in [0.2, 0.25) is 5.82 Å². The van der Waals surface area contributed by atoms with Crippen LogP contribution in [0.2, 0.25) is 0 Å². The van der Waals surface area contributed by atoms with Gasteiger partial charge in [0.25, 0.3) is 0 Å². The van der Waals surface area contributed by atoms with Gasteiger partial charge in [-0.25, -0.2) is 8.78 Å². The molecule has 0 radical (unpaired) electrons. The van der Waals surface area contributed by atoms with E-state index in [2.05, 4.69) is 19.9 Å². The number of hydrogen-bond acceptors (Lipinski definition) is 1. The van der Waals surface area contributed by atoms with E-state index in [4.69, 9.17) is 4.74 Å². The Balaban J connectivity index is 1.36. The first kappa shape index (κ1) is 31.9. The molecule has 0 heterocycles. The molecule has 4 heteroatoms. The van der Waals surface area contributed by atoms with Crippen molar-refractivity contribution in [2.24, 2.45) is 5.92 Å². The standard InChI is InChI=1S/C38H47F3O/c1-3-5-7-9-11-13-28-14-16-29(17-15-28)32-22-23-33(35(39)27-32)30-18-20-31(21-19-30)34-24-25-36(38(41)37(34)40)42-26-12-10-8-6-4-2/h16,18-25,27-28H,3-15,17,26H2,1-2H3. The fourth-order valence-corrected chi connectivity index (χ4v) is 5.98. The van der Waals surface area contributed by atoms with E-state index in [0.717, 1.165) is 50.0 Å². The van der Waals surface area contributed by atoms with Crippen LogP contribution in [0.15, 0.2) is 60.7 Å². The van der Waals surface area contributed by atoms with Crippen molar-refractivity contribution in [2.45, 2.75) is 104 Å². The van der Waals surface area contributed by atoms with Gasteiger partial charge >= 0.3 is 0 Å². The molecule has 0 N–H and O–H groups in total. The Hall–Kier alpha value is -3.01. The molecule has 1 aliphatic rings. The Morgan fingerprint density at radius 1 is 0.667 bits per heavy atom. The van der Waals surface area contributed by atoms with Crippen LogP contribution in [0.3, 0.4) is 0 Å². The van der Waals surface area contributed by atoms with Crippen molar-refractivity contribution in [2.75, 3.05) is 6.61 Å². The maximum Gasteiger partial charge on any atom is 0.201 e. The summed E-state index contributed by atoms with van der Waals surface area (Å²) in [5.74, 6) is -1.48. The third-order valence-electron chi connectivity index (χ3n) is 8.63. The molecule has 0 saturated carbocycles. The summed E-state index contributed by atoms with van der Waals surface area (Å²) in [5, 5.41) is 0. The number of rotatable bonds is 16. The monoisotopic (exact) mass is 576 g/mol. The molecule has 4 rings (SSSR count). The van der Waals surface area contributed by atoms with Crippen molar-refractivity contribution in [1.29, 1.82) is 0 Å². The largest absolute Gasteiger partial charge is 0.490 e. The molecule has 1 unspecified atom stereocenters. The number of hydrogen-bond donors (Lipinski definition) is 0.